The van der Waals surface area contributed by atoms with Gasteiger partial charge < -0.3 is 9.72 Å². The van der Waals surface area contributed by atoms with Gasteiger partial charge in [-0.1, -0.05) is 6.07 Å². The van der Waals surface area contributed by atoms with Gasteiger partial charge in [0.2, 0.25) is 0 Å². The molecule has 0 aromatic carbocycles. The molecule has 18 heavy (non-hydrogen) atoms. The SMILES string of the molecule is Cc1ccc2c(C#N)nc(CC3CCCN3)n2c1. The normalized spacial score (nSPS) is 19.2. The fourth-order valence-corrected chi connectivity index (χ4v) is 2.63. The Morgan fingerprint density at radius 2 is 2.44 bits per heavy atom. The first-order valence-corrected chi connectivity index (χ1v) is 6.39. The second-order valence-corrected chi connectivity index (χ2v) is 4.95. The highest BCUT2D eigenvalue weighted by molar-refractivity contribution is 5.59. The lowest BCUT2D eigenvalue weighted by atomic mass is 10.1. The van der Waals surface area contributed by atoms with E-state index < -0.39 is 0 Å². The molecule has 0 radical (unpaired) electrons. The van der Waals surface area contributed by atoms with E-state index in [9.17, 15) is 0 Å². The van der Waals surface area contributed by atoms with Crippen LogP contribution in [0, 0.1) is 18.3 Å². The van der Waals surface area contributed by atoms with Crippen LogP contribution in [0.15, 0.2) is 18.3 Å². The van der Waals surface area contributed by atoms with E-state index in [4.69, 9.17) is 5.26 Å². The predicted octanol–water partition coefficient (Wildman–Crippen LogP) is 1.81. The Hall–Kier alpha value is -1.86. The molecule has 1 unspecified atom stereocenters. The number of hydrogen-bond donors (Lipinski definition) is 1. The van der Waals surface area contributed by atoms with E-state index in [1.54, 1.807) is 0 Å². The molecule has 1 aliphatic heterocycles. The zero-order chi connectivity index (χ0) is 12.5. The first-order chi connectivity index (χ1) is 8.78. The Bertz CT molecular complexity index is 614. The molecule has 0 bridgehead atoms. The van der Waals surface area contributed by atoms with Gasteiger partial charge in [-0.25, -0.2) is 4.98 Å². The van der Waals surface area contributed by atoms with E-state index in [1.165, 1.54) is 18.4 Å². The molecule has 1 atom stereocenters. The summed E-state index contributed by atoms with van der Waals surface area (Å²) < 4.78 is 2.06. The first-order valence-electron chi connectivity index (χ1n) is 6.39. The Balaban J connectivity index is 2.04. The minimum atomic E-state index is 0.502. The van der Waals surface area contributed by atoms with Gasteiger partial charge >= 0.3 is 0 Å². The fraction of sp³-hybridized carbons (Fsp3) is 0.429. The average molecular weight is 240 g/mol. The number of aryl methyl sites for hydroxylation is 1. The number of nitrogens with one attached hydrogen (secondary N) is 1. The van der Waals surface area contributed by atoms with Crippen molar-refractivity contribution in [3.63, 3.8) is 0 Å². The third kappa shape index (κ3) is 1.87. The summed E-state index contributed by atoms with van der Waals surface area (Å²) in [6.45, 7) is 3.15. The molecule has 3 rings (SSSR count). The molecule has 1 fully saturated rings. The van der Waals surface area contributed by atoms with Crippen LogP contribution < -0.4 is 5.32 Å². The largest absolute Gasteiger partial charge is 0.314 e. The predicted molar refractivity (Wildman–Crippen MR) is 69.4 cm³/mol. The van der Waals surface area contributed by atoms with E-state index in [1.807, 2.05) is 12.1 Å². The van der Waals surface area contributed by atoms with Gasteiger partial charge in [0.25, 0.3) is 0 Å². The lowest BCUT2D eigenvalue weighted by molar-refractivity contribution is 0.584. The summed E-state index contributed by atoms with van der Waals surface area (Å²) in [5.74, 6) is 0.990. The molecule has 0 amide bonds. The fourth-order valence-electron chi connectivity index (χ4n) is 2.63. The van der Waals surface area contributed by atoms with Crippen molar-refractivity contribution in [1.82, 2.24) is 14.7 Å². The van der Waals surface area contributed by atoms with Crippen LogP contribution in [0.25, 0.3) is 5.52 Å². The maximum Gasteiger partial charge on any atom is 0.166 e. The molecule has 4 heteroatoms. The minimum Gasteiger partial charge on any atom is -0.314 e. The Morgan fingerprint density at radius 3 is 3.17 bits per heavy atom. The monoisotopic (exact) mass is 240 g/mol. The third-order valence-corrected chi connectivity index (χ3v) is 3.56. The van der Waals surface area contributed by atoms with Crippen molar-refractivity contribution in [3.8, 4) is 6.07 Å². The highest BCUT2D eigenvalue weighted by Gasteiger charge is 2.18. The van der Waals surface area contributed by atoms with Gasteiger partial charge in [-0.2, -0.15) is 5.26 Å². The summed E-state index contributed by atoms with van der Waals surface area (Å²) in [6, 6.07) is 6.69. The number of pyridine rings is 1. The standard InChI is InChI=1S/C14H16N4/c1-10-4-5-13-12(8-15)17-14(18(13)9-10)7-11-3-2-6-16-11/h4-5,9,11,16H,2-3,6-7H2,1H3. The molecule has 1 saturated heterocycles. The van der Waals surface area contributed by atoms with Gasteiger partial charge in [-0.3, -0.25) is 0 Å². The van der Waals surface area contributed by atoms with Crippen molar-refractivity contribution < 1.29 is 0 Å². The summed E-state index contributed by atoms with van der Waals surface area (Å²) in [7, 11) is 0. The summed E-state index contributed by atoms with van der Waals surface area (Å²) in [5.41, 5.74) is 2.63. The summed E-state index contributed by atoms with van der Waals surface area (Å²) >= 11 is 0. The second kappa shape index (κ2) is 4.43. The van der Waals surface area contributed by atoms with E-state index in [2.05, 4.69) is 33.9 Å². The van der Waals surface area contributed by atoms with Crippen molar-refractivity contribution >= 4 is 5.52 Å². The summed E-state index contributed by atoms with van der Waals surface area (Å²) in [5, 5.41) is 12.6. The molecule has 92 valence electrons. The van der Waals surface area contributed by atoms with Crippen molar-refractivity contribution in [2.24, 2.45) is 0 Å². The van der Waals surface area contributed by atoms with Gasteiger partial charge in [-0.15, -0.1) is 0 Å². The zero-order valence-electron chi connectivity index (χ0n) is 10.5. The lowest BCUT2D eigenvalue weighted by Gasteiger charge is -2.09. The number of nitrogens with zero attached hydrogens (tertiary/aromatic N) is 3. The topological polar surface area (TPSA) is 53.1 Å². The molecule has 0 aliphatic carbocycles. The van der Waals surface area contributed by atoms with Crippen LogP contribution >= 0.6 is 0 Å². The number of imidazole rings is 1. The molecule has 4 nitrogen and oxygen atoms in total. The maximum atomic E-state index is 9.14. The van der Waals surface area contributed by atoms with Gasteiger partial charge in [0.05, 0.1) is 5.52 Å². The van der Waals surface area contributed by atoms with Crippen LogP contribution in [-0.2, 0) is 6.42 Å². The number of aromatic nitrogens is 2. The van der Waals surface area contributed by atoms with E-state index in [-0.39, 0.29) is 0 Å². The Morgan fingerprint density at radius 1 is 1.56 bits per heavy atom. The molecule has 1 aliphatic rings. The van der Waals surface area contributed by atoms with Crippen LogP contribution in [-0.4, -0.2) is 22.0 Å². The Kier molecular flexibility index (Phi) is 2.77. The molecule has 0 spiro atoms. The molecule has 0 saturated carbocycles. The third-order valence-electron chi connectivity index (χ3n) is 3.56. The molecule has 2 aromatic rings. The van der Waals surface area contributed by atoms with E-state index in [0.717, 1.165) is 24.3 Å². The molecule has 1 N–H and O–H groups in total. The maximum absolute atomic E-state index is 9.14. The number of hydrogen-bond acceptors (Lipinski definition) is 3. The highest BCUT2D eigenvalue weighted by atomic mass is 15.0. The van der Waals surface area contributed by atoms with Crippen LogP contribution in [0.5, 0.6) is 0 Å². The summed E-state index contributed by atoms with van der Waals surface area (Å²) in [4.78, 5) is 4.47. The Labute approximate surface area is 106 Å². The van der Waals surface area contributed by atoms with Crippen molar-refractivity contribution in [2.45, 2.75) is 32.2 Å². The van der Waals surface area contributed by atoms with Gasteiger partial charge in [0, 0.05) is 18.7 Å². The second-order valence-electron chi connectivity index (χ2n) is 4.95. The van der Waals surface area contributed by atoms with E-state index in [0.29, 0.717) is 11.7 Å². The molecule has 3 heterocycles. The van der Waals surface area contributed by atoms with Crippen molar-refractivity contribution in [2.75, 3.05) is 6.54 Å². The molecular formula is C14H16N4. The van der Waals surface area contributed by atoms with Crippen LogP contribution in [0.1, 0.15) is 29.9 Å². The lowest BCUT2D eigenvalue weighted by Crippen LogP contribution is -2.24. The zero-order valence-corrected chi connectivity index (χ0v) is 10.5. The van der Waals surface area contributed by atoms with Crippen LogP contribution in [0.4, 0.5) is 0 Å². The van der Waals surface area contributed by atoms with Crippen LogP contribution in [0.3, 0.4) is 0 Å². The molecular weight excluding hydrogens is 224 g/mol. The first kappa shape index (κ1) is 11.2. The average Bonchev–Trinajstić information content (AvgIpc) is 2.98. The van der Waals surface area contributed by atoms with Gasteiger partial charge in [0.15, 0.2) is 5.69 Å². The summed E-state index contributed by atoms with van der Waals surface area (Å²) in [6.07, 6.45) is 5.39. The quantitative estimate of drug-likeness (QED) is 0.871. The minimum absolute atomic E-state index is 0.502. The van der Waals surface area contributed by atoms with Gasteiger partial charge in [0.1, 0.15) is 11.9 Å². The number of rotatable bonds is 2. The van der Waals surface area contributed by atoms with Crippen molar-refractivity contribution in [1.29, 1.82) is 5.26 Å². The highest BCUT2D eigenvalue weighted by Crippen LogP contribution is 2.17. The van der Waals surface area contributed by atoms with E-state index >= 15 is 0 Å². The molecule has 2 aromatic heterocycles. The van der Waals surface area contributed by atoms with Crippen LogP contribution in [0.2, 0.25) is 0 Å². The number of nitriles is 1. The van der Waals surface area contributed by atoms with Gasteiger partial charge in [-0.05, 0) is 37.9 Å². The van der Waals surface area contributed by atoms with Crippen molar-refractivity contribution in [3.05, 3.63) is 35.4 Å². The number of fused-ring (bicyclic) bond motifs is 1. The smallest absolute Gasteiger partial charge is 0.166 e.